The molecular formula is C16H23IN2O2. The van der Waals surface area contributed by atoms with Crippen LogP contribution in [0.25, 0.3) is 0 Å². The molecule has 1 aliphatic rings. The van der Waals surface area contributed by atoms with Gasteiger partial charge in [0.05, 0.1) is 13.2 Å². The van der Waals surface area contributed by atoms with Crippen molar-refractivity contribution in [1.29, 1.82) is 0 Å². The minimum Gasteiger partial charge on any atom is -0.379 e. The summed E-state index contributed by atoms with van der Waals surface area (Å²) < 4.78 is 6.49. The number of rotatable bonds is 5. The fraction of sp³-hybridized carbons (Fsp3) is 0.562. The molecule has 0 aliphatic carbocycles. The molecule has 0 bridgehead atoms. The molecule has 116 valence electrons. The molecule has 0 radical (unpaired) electrons. The monoisotopic (exact) mass is 402 g/mol. The van der Waals surface area contributed by atoms with E-state index in [4.69, 9.17) is 4.74 Å². The third-order valence-electron chi connectivity index (χ3n) is 4.25. The van der Waals surface area contributed by atoms with Gasteiger partial charge in [0.2, 0.25) is 0 Å². The van der Waals surface area contributed by atoms with Crippen LogP contribution in [0.2, 0.25) is 0 Å². The van der Waals surface area contributed by atoms with Crippen LogP contribution < -0.4 is 5.32 Å². The third kappa shape index (κ3) is 4.40. The van der Waals surface area contributed by atoms with Gasteiger partial charge < -0.3 is 10.1 Å². The Labute approximate surface area is 140 Å². The van der Waals surface area contributed by atoms with E-state index in [1.807, 2.05) is 24.3 Å². The highest BCUT2D eigenvalue weighted by Crippen LogP contribution is 2.20. The molecule has 1 heterocycles. The fourth-order valence-corrected chi connectivity index (χ4v) is 3.11. The Morgan fingerprint density at radius 2 is 2.14 bits per heavy atom. The minimum atomic E-state index is -0.0125. The van der Waals surface area contributed by atoms with E-state index < -0.39 is 0 Å². The summed E-state index contributed by atoms with van der Waals surface area (Å²) in [6.45, 7) is 8.47. The van der Waals surface area contributed by atoms with E-state index >= 15 is 0 Å². The molecular weight excluding hydrogens is 379 g/mol. The summed E-state index contributed by atoms with van der Waals surface area (Å²) in [5, 5.41) is 3.09. The maximum Gasteiger partial charge on any atom is 0.251 e. The van der Waals surface area contributed by atoms with Gasteiger partial charge in [-0.15, -0.1) is 0 Å². The zero-order valence-corrected chi connectivity index (χ0v) is 14.9. The second-order valence-electron chi connectivity index (χ2n) is 5.64. The lowest BCUT2D eigenvalue weighted by atomic mass is 9.95. The van der Waals surface area contributed by atoms with Gasteiger partial charge in [-0.25, -0.2) is 0 Å². The van der Waals surface area contributed by atoms with Crippen molar-refractivity contribution in [3.8, 4) is 0 Å². The zero-order valence-electron chi connectivity index (χ0n) is 12.7. The normalized spacial score (nSPS) is 19.0. The second-order valence-corrected chi connectivity index (χ2v) is 6.89. The molecule has 1 fully saturated rings. The summed E-state index contributed by atoms with van der Waals surface area (Å²) in [6.07, 6.45) is 1.000. The molecule has 21 heavy (non-hydrogen) atoms. The van der Waals surface area contributed by atoms with Gasteiger partial charge in [0.15, 0.2) is 0 Å². The summed E-state index contributed by atoms with van der Waals surface area (Å²) >= 11 is 2.22. The van der Waals surface area contributed by atoms with Gasteiger partial charge in [0, 0.05) is 34.3 Å². The number of nitrogens with one attached hydrogen (secondary N) is 1. The van der Waals surface area contributed by atoms with E-state index in [0.717, 1.165) is 41.9 Å². The van der Waals surface area contributed by atoms with Crippen LogP contribution in [0.1, 0.15) is 30.6 Å². The molecule has 1 saturated heterocycles. The molecule has 1 N–H and O–H groups in total. The fourth-order valence-electron chi connectivity index (χ4n) is 2.57. The van der Waals surface area contributed by atoms with Crippen LogP contribution in [-0.4, -0.2) is 49.2 Å². The standard InChI is InChI=1S/C16H23IN2O2/c1-3-16(2,19-7-9-21-10-8-19)12-18-15(20)13-5-4-6-14(17)11-13/h4-6,11H,3,7-10,12H2,1-2H3,(H,18,20)/t16-/m1/s1. The largest absolute Gasteiger partial charge is 0.379 e. The number of carbonyl (C=O) groups excluding carboxylic acids is 1. The summed E-state index contributed by atoms with van der Waals surface area (Å²) in [5.41, 5.74) is 0.712. The SMILES string of the molecule is CC[C@](C)(CNC(=O)c1cccc(I)c1)N1CCOCC1. The number of halogens is 1. The Morgan fingerprint density at radius 1 is 1.43 bits per heavy atom. The van der Waals surface area contributed by atoms with Crippen molar-refractivity contribution < 1.29 is 9.53 Å². The van der Waals surface area contributed by atoms with Gasteiger partial charge in [-0.1, -0.05) is 13.0 Å². The van der Waals surface area contributed by atoms with Crippen LogP contribution >= 0.6 is 22.6 Å². The van der Waals surface area contributed by atoms with E-state index in [2.05, 4.69) is 46.7 Å². The van der Waals surface area contributed by atoms with E-state index in [1.165, 1.54) is 0 Å². The Bertz CT molecular complexity index is 489. The van der Waals surface area contributed by atoms with Crippen molar-refractivity contribution in [3.63, 3.8) is 0 Å². The van der Waals surface area contributed by atoms with Crippen molar-refractivity contribution in [3.05, 3.63) is 33.4 Å². The predicted octanol–water partition coefficient (Wildman–Crippen LogP) is 2.52. The number of benzene rings is 1. The molecule has 1 aromatic rings. The molecule has 0 saturated carbocycles. The average molecular weight is 402 g/mol. The number of carbonyl (C=O) groups is 1. The van der Waals surface area contributed by atoms with Crippen molar-refractivity contribution in [1.82, 2.24) is 10.2 Å². The lowest BCUT2D eigenvalue weighted by Gasteiger charge is -2.43. The molecule has 1 amide bonds. The maximum atomic E-state index is 12.3. The van der Waals surface area contributed by atoms with Crippen LogP contribution in [0.3, 0.4) is 0 Å². The topological polar surface area (TPSA) is 41.6 Å². The van der Waals surface area contributed by atoms with Crippen molar-refractivity contribution in [2.24, 2.45) is 0 Å². The first-order valence-corrected chi connectivity index (χ1v) is 8.49. The molecule has 2 rings (SSSR count). The number of amides is 1. The lowest BCUT2D eigenvalue weighted by Crippen LogP contribution is -2.56. The number of hydrogen-bond acceptors (Lipinski definition) is 3. The van der Waals surface area contributed by atoms with Gasteiger partial charge in [-0.2, -0.15) is 0 Å². The minimum absolute atomic E-state index is 0.00134. The summed E-state index contributed by atoms with van der Waals surface area (Å²) in [6, 6.07) is 7.67. The van der Waals surface area contributed by atoms with E-state index in [0.29, 0.717) is 6.54 Å². The highest BCUT2D eigenvalue weighted by atomic mass is 127. The number of hydrogen-bond donors (Lipinski definition) is 1. The van der Waals surface area contributed by atoms with E-state index in [1.54, 1.807) is 0 Å². The van der Waals surface area contributed by atoms with E-state index in [-0.39, 0.29) is 11.4 Å². The van der Waals surface area contributed by atoms with Gasteiger partial charge in [0.25, 0.3) is 5.91 Å². The molecule has 0 unspecified atom stereocenters. The third-order valence-corrected chi connectivity index (χ3v) is 4.92. The van der Waals surface area contributed by atoms with Crippen LogP contribution in [-0.2, 0) is 4.74 Å². The van der Waals surface area contributed by atoms with Crippen LogP contribution in [0.4, 0.5) is 0 Å². The number of ether oxygens (including phenoxy) is 1. The van der Waals surface area contributed by atoms with Crippen molar-refractivity contribution in [2.75, 3.05) is 32.8 Å². The quantitative estimate of drug-likeness (QED) is 0.770. The predicted molar refractivity (Wildman–Crippen MR) is 92.6 cm³/mol. The Balaban J connectivity index is 1.97. The smallest absolute Gasteiger partial charge is 0.251 e. The summed E-state index contributed by atoms with van der Waals surface area (Å²) in [5.74, 6) is 0.00134. The number of nitrogens with zero attached hydrogens (tertiary/aromatic N) is 1. The first-order valence-electron chi connectivity index (χ1n) is 7.42. The lowest BCUT2D eigenvalue weighted by molar-refractivity contribution is -0.0169. The van der Waals surface area contributed by atoms with Gasteiger partial charge >= 0.3 is 0 Å². The molecule has 0 spiro atoms. The van der Waals surface area contributed by atoms with Crippen molar-refractivity contribution in [2.45, 2.75) is 25.8 Å². The van der Waals surface area contributed by atoms with Crippen LogP contribution in [0, 0.1) is 3.57 Å². The highest BCUT2D eigenvalue weighted by Gasteiger charge is 2.31. The molecule has 0 aromatic heterocycles. The Kier molecular flexibility index (Phi) is 6.01. The molecule has 4 nitrogen and oxygen atoms in total. The van der Waals surface area contributed by atoms with Gasteiger partial charge in [-0.3, -0.25) is 9.69 Å². The molecule has 5 heteroatoms. The first-order chi connectivity index (χ1) is 10.0. The summed E-state index contributed by atoms with van der Waals surface area (Å²) in [4.78, 5) is 14.7. The zero-order chi connectivity index (χ0) is 15.3. The van der Waals surface area contributed by atoms with Gasteiger partial charge in [-0.05, 0) is 54.1 Å². The second kappa shape index (κ2) is 7.56. The van der Waals surface area contributed by atoms with Crippen LogP contribution in [0.5, 0.6) is 0 Å². The Morgan fingerprint density at radius 3 is 2.76 bits per heavy atom. The highest BCUT2D eigenvalue weighted by molar-refractivity contribution is 14.1. The van der Waals surface area contributed by atoms with Crippen LogP contribution in [0.15, 0.2) is 24.3 Å². The Hall–Kier alpha value is -0.660. The van der Waals surface area contributed by atoms with Crippen molar-refractivity contribution >= 4 is 28.5 Å². The average Bonchev–Trinajstić information content (AvgIpc) is 2.53. The molecule has 1 atom stereocenters. The molecule has 1 aromatic carbocycles. The molecule has 1 aliphatic heterocycles. The summed E-state index contributed by atoms with van der Waals surface area (Å²) in [7, 11) is 0. The number of morpholine rings is 1. The first kappa shape index (κ1) is 16.7. The van der Waals surface area contributed by atoms with E-state index in [9.17, 15) is 4.79 Å². The maximum absolute atomic E-state index is 12.3. The van der Waals surface area contributed by atoms with Gasteiger partial charge in [0.1, 0.15) is 0 Å².